The van der Waals surface area contributed by atoms with E-state index in [2.05, 4.69) is 38.2 Å². The minimum absolute atomic E-state index is 0.0688. The monoisotopic (exact) mass is 705 g/mol. The number of ether oxygens (including phenoxy) is 2. The summed E-state index contributed by atoms with van der Waals surface area (Å²) in [6, 6.07) is 0. The van der Waals surface area contributed by atoms with Crippen LogP contribution in [0.15, 0.2) is 24.3 Å². The van der Waals surface area contributed by atoms with E-state index in [0.29, 0.717) is 12.8 Å². The number of hydrogen-bond donors (Lipinski definition) is 1. The second-order valence-electron chi connectivity index (χ2n) is 14.8. The van der Waals surface area contributed by atoms with Gasteiger partial charge in [0.2, 0.25) is 0 Å². The van der Waals surface area contributed by atoms with Crippen molar-refractivity contribution in [3.63, 3.8) is 0 Å². The number of rotatable bonds is 40. The van der Waals surface area contributed by atoms with Gasteiger partial charge in [0.1, 0.15) is 6.61 Å². The molecular weight excluding hydrogens is 620 g/mol. The molecule has 0 aromatic carbocycles. The zero-order chi connectivity index (χ0) is 36.4. The summed E-state index contributed by atoms with van der Waals surface area (Å²) in [6.45, 7) is 4.12. The SMILES string of the molecule is CCCCCC=CCC=CCCCCCCCC(=O)OC[C@H](CO)OC(=O)CCCCCCCCCCCCCCCCCCCCCCC. The normalized spacial score (nSPS) is 12.3. The summed E-state index contributed by atoms with van der Waals surface area (Å²) < 4.78 is 10.6. The van der Waals surface area contributed by atoms with Crippen LogP contribution in [0.4, 0.5) is 0 Å². The first-order valence-corrected chi connectivity index (χ1v) is 21.9. The lowest BCUT2D eigenvalue weighted by Gasteiger charge is -2.15. The number of allylic oxidation sites excluding steroid dienone is 4. The van der Waals surface area contributed by atoms with Crippen LogP contribution in [0.25, 0.3) is 0 Å². The fourth-order valence-corrected chi connectivity index (χ4v) is 6.41. The highest BCUT2D eigenvalue weighted by Gasteiger charge is 2.16. The molecule has 0 aromatic rings. The van der Waals surface area contributed by atoms with E-state index >= 15 is 0 Å². The average Bonchev–Trinajstić information content (AvgIpc) is 3.12. The van der Waals surface area contributed by atoms with Crippen LogP contribution in [-0.2, 0) is 19.1 Å². The van der Waals surface area contributed by atoms with Crippen LogP contribution < -0.4 is 0 Å². The maximum absolute atomic E-state index is 12.2. The zero-order valence-electron chi connectivity index (χ0n) is 33.4. The molecule has 0 saturated carbocycles. The summed E-state index contributed by atoms with van der Waals surface area (Å²) in [4.78, 5) is 24.3. The first kappa shape index (κ1) is 48.4. The number of esters is 2. The van der Waals surface area contributed by atoms with Crippen LogP contribution in [0.5, 0.6) is 0 Å². The van der Waals surface area contributed by atoms with Crippen molar-refractivity contribution in [2.75, 3.05) is 13.2 Å². The lowest BCUT2D eigenvalue weighted by molar-refractivity contribution is -0.161. The van der Waals surface area contributed by atoms with Crippen molar-refractivity contribution < 1.29 is 24.2 Å². The molecule has 0 aliphatic rings. The molecule has 5 nitrogen and oxygen atoms in total. The second kappa shape index (κ2) is 41.8. The third-order valence-corrected chi connectivity index (χ3v) is 9.75. The Labute approximate surface area is 311 Å². The fourth-order valence-electron chi connectivity index (χ4n) is 6.41. The Balaban J connectivity index is 3.50. The lowest BCUT2D eigenvalue weighted by Crippen LogP contribution is -2.28. The molecule has 0 unspecified atom stereocenters. The Morgan fingerprint density at radius 2 is 0.800 bits per heavy atom. The van der Waals surface area contributed by atoms with Crippen LogP contribution >= 0.6 is 0 Å². The Bertz CT molecular complexity index is 761. The van der Waals surface area contributed by atoms with Gasteiger partial charge >= 0.3 is 11.9 Å². The van der Waals surface area contributed by atoms with E-state index in [1.165, 1.54) is 154 Å². The van der Waals surface area contributed by atoms with Crippen molar-refractivity contribution in [2.45, 2.75) is 238 Å². The molecule has 0 heterocycles. The molecule has 0 aliphatic carbocycles. The Morgan fingerprint density at radius 1 is 0.460 bits per heavy atom. The van der Waals surface area contributed by atoms with Crippen LogP contribution in [0.1, 0.15) is 232 Å². The molecule has 0 spiro atoms. The number of aliphatic hydroxyl groups excluding tert-OH is 1. The Morgan fingerprint density at radius 3 is 1.22 bits per heavy atom. The van der Waals surface area contributed by atoms with E-state index in [9.17, 15) is 14.7 Å². The van der Waals surface area contributed by atoms with Gasteiger partial charge in [-0.15, -0.1) is 0 Å². The molecule has 0 bridgehead atoms. The molecule has 0 aliphatic heterocycles. The number of unbranched alkanes of at least 4 members (excludes halogenated alkanes) is 28. The topological polar surface area (TPSA) is 72.8 Å². The molecule has 0 saturated heterocycles. The van der Waals surface area contributed by atoms with E-state index in [1.807, 2.05) is 0 Å². The van der Waals surface area contributed by atoms with Crippen LogP contribution in [-0.4, -0.2) is 36.4 Å². The molecule has 0 rings (SSSR count). The van der Waals surface area contributed by atoms with Gasteiger partial charge in [0.25, 0.3) is 0 Å². The maximum Gasteiger partial charge on any atom is 0.306 e. The third-order valence-electron chi connectivity index (χ3n) is 9.75. The fraction of sp³-hybridized carbons (Fsp3) is 0.867. The van der Waals surface area contributed by atoms with Gasteiger partial charge in [0.15, 0.2) is 6.10 Å². The highest BCUT2D eigenvalue weighted by Crippen LogP contribution is 2.16. The number of aliphatic hydroxyl groups is 1. The van der Waals surface area contributed by atoms with Gasteiger partial charge in [0.05, 0.1) is 6.61 Å². The van der Waals surface area contributed by atoms with Crippen molar-refractivity contribution in [1.29, 1.82) is 0 Å². The minimum Gasteiger partial charge on any atom is -0.462 e. The minimum atomic E-state index is -0.772. The van der Waals surface area contributed by atoms with E-state index in [0.717, 1.165) is 51.4 Å². The summed E-state index contributed by atoms with van der Waals surface area (Å²) in [5, 5.41) is 9.57. The smallest absolute Gasteiger partial charge is 0.306 e. The highest BCUT2D eigenvalue weighted by molar-refractivity contribution is 5.70. The number of carbonyl (C=O) groups excluding carboxylic acids is 2. The summed E-state index contributed by atoms with van der Waals surface area (Å²) >= 11 is 0. The lowest BCUT2D eigenvalue weighted by atomic mass is 10.0. The van der Waals surface area contributed by atoms with E-state index in [-0.39, 0.29) is 25.2 Å². The molecule has 294 valence electrons. The van der Waals surface area contributed by atoms with Gasteiger partial charge < -0.3 is 14.6 Å². The number of hydrogen-bond acceptors (Lipinski definition) is 5. The van der Waals surface area contributed by atoms with E-state index in [4.69, 9.17) is 9.47 Å². The Hall–Kier alpha value is -1.62. The van der Waals surface area contributed by atoms with E-state index in [1.54, 1.807) is 0 Å². The molecule has 0 aromatic heterocycles. The summed E-state index contributed by atoms with van der Waals surface area (Å²) in [6.07, 6.45) is 49.6. The quantitative estimate of drug-likeness (QED) is 0.0390. The summed E-state index contributed by atoms with van der Waals surface area (Å²) in [7, 11) is 0. The maximum atomic E-state index is 12.2. The molecule has 1 N–H and O–H groups in total. The number of carbonyl (C=O) groups is 2. The standard InChI is InChI=1S/C45H84O5/c1-3-5-7-9-11-13-15-17-19-20-21-22-23-24-26-28-30-32-34-36-38-40-45(48)50-43(41-46)42-49-44(47)39-37-35-33-31-29-27-25-18-16-14-12-10-8-6-4-2/h12,14,18,25,43,46H,3-11,13,15-17,19-24,26-42H2,1-2H3/t43-/m0/s1. The first-order chi connectivity index (χ1) is 24.6. The van der Waals surface area contributed by atoms with Gasteiger partial charge in [-0.05, 0) is 44.9 Å². The first-order valence-electron chi connectivity index (χ1n) is 21.9. The van der Waals surface area contributed by atoms with Gasteiger partial charge in [-0.2, -0.15) is 0 Å². The molecule has 0 radical (unpaired) electrons. The Kier molecular flexibility index (Phi) is 40.4. The van der Waals surface area contributed by atoms with Crippen molar-refractivity contribution in [3.05, 3.63) is 24.3 Å². The van der Waals surface area contributed by atoms with Gasteiger partial charge in [-0.1, -0.05) is 199 Å². The average molecular weight is 705 g/mol. The molecule has 1 atom stereocenters. The molecule has 0 fully saturated rings. The van der Waals surface area contributed by atoms with Crippen molar-refractivity contribution >= 4 is 11.9 Å². The van der Waals surface area contributed by atoms with Crippen LogP contribution in [0.2, 0.25) is 0 Å². The third kappa shape index (κ3) is 39.2. The van der Waals surface area contributed by atoms with Crippen LogP contribution in [0, 0.1) is 0 Å². The molecular formula is C45H84O5. The molecule has 0 amide bonds. The van der Waals surface area contributed by atoms with Crippen molar-refractivity contribution in [3.8, 4) is 0 Å². The van der Waals surface area contributed by atoms with Crippen molar-refractivity contribution in [2.24, 2.45) is 0 Å². The molecule has 5 heteroatoms. The highest BCUT2D eigenvalue weighted by atomic mass is 16.6. The second-order valence-corrected chi connectivity index (χ2v) is 14.8. The van der Waals surface area contributed by atoms with Gasteiger partial charge in [0, 0.05) is 12.8 Å². The van der Waals surface area contributed by atoms with Gasteiger partial charge in [-0.25, -0.2) is 0 Å². The van der Waals surface area contributed by atoms with Gasteiger partial charge in [-0.3, -0.25) is 9.59 Å². The van der Waals surface area contributed by atoms with Crippen LogP contribution in [0.3, 0.4) is 0 Å². The largest absolute Gasteiger partial charge is 0.462 e. The predicted molar refractivity (Wildman–Crippen MR) is 215 cm³/mol. The predicted octanol–water partition coefficient (Wildman–Crippen LogP) is 13.8. The van der Waals surface area contributed by atoms with Crippen molar-refractivity contribution in [1.82, 2.24) is 0 Å². The summed E-state index contributed by atoms with van der Waals surface area (Å²) in [5.41, 5.74) is 0. The molecule has 50 heavy (non-hydrogen) atoms. The zero-order valence-corrected chi connectivity index (χ0v) is 33.4. The van der Waals surface area contributed by atoms with E-state index < -0.39 is 6.10 Å². The summed E-state index contributed by atoms with van der Waals surface area (Å²) in [5.74, 6) is -0.596.